The third kappa shape index (κ3) is 4.89. The molecule has 0 fully saturated rings. The molecule has 0 bridgehead atoms. The van der Waals surface area contributed by atoms with Gasteiger partial charge in [0.25, 0.3) is 0 Å². The smallest absolute Gasteiger partial charge is 0.170 e. The fraction of sp³-hybridized carbons (Fsp3) is 0.500. The van der Waals surface area contributed by atoms with Crippen LogP contribution in [0.15, 0.2) is 29.4 Å². The van der Waals surface area contributed by atoms with Crippen molar-refractivity contribution in [3.05, 3.63) is 35.4 Å². The van der Waals surface area contributed by atoms with E-state index >= 15 is 0 Å². The monoisotopic (exact) mass is 265 g/mol. The van der Waals surface area contributed by atoms with Crippen LogP contribution in [0.5, 0.6) is 0 Å². The molecule has 5 heteroatoms. The summed E-state index contributed by atoms with van der Waals surface area (Å²) in [4.78, 5) is 2.31. The van der Waals surface area contributed by atoms with E-state index < -0.39 is 0 Å². The van der Waals surface area contributed by atoms with E-state index in [1.807, 2.05) is 24.3 Å². The maximum atomic E-state index is 8.70. The molecule has 0 saturated carbocycles. The molecule has 0 aliphatic heterocycles. The van der Waals surface area contributed by atoms with Crippen LogP contribution in [0.1, 0.15) is 25.0 Å². The molecule has 0 radical (unpaired) electrons. The number of oxime groups is 1. The van der Waals surface area contributed by atoms with E-state index in [0.717, 1.165) is 24.2 Å². The SMILES string of the molecule is COCCN(Cc1cccc(/C(N)=N/O)c1)C(C)C. The number of ether oxygens (including phenoxy) is 1. The van der Waals surface area contributed by atoms with Crippen LogP contribution in [0, 0.1) is 0 Å². The first-order valence-electron chi connectivity index (χ1n) is 6.38. The van der Waals surface area contributed by atoms with E-state index in [2.05, 4.69) is 23.9 Å². The van der Waals surface area contributed by atoms with E-state index in [1.54, 1.807) is 7.11 Å². The summed E-state index contributed by atoms with van der Waals surface area (Å²) in [7, 11) is 1.71. The second-order valence-electron chi connectivity index (χ2n) is 4.74. The lowest BCUT2D eigenvalue weighted by atomic mass is 10.1. The van der Waals surface area contributed by atoms with Gasteiger partial charge in [-0.05, 0) is 25.5 Å². The van der Waals surface area contributed by atoms with Gasteiger partial charge in [-0.1, -0.05) is 23.4 Å². The largest absolute Gasteiger partial charge is 0.409 e. The summed E-state index contributed by atoms with van der Waals surface area (Å²) in [5.74, 6) is 0.134. The lowest BCUT2D eigenvalue weighted by molar-refractivity contribution is 0.125. The highest BCUT2D eigenvalue weighted by atomic mass is 16.5. The Morgan fingerprint density at radius 1 is 1.47 bits per heavy atom. The molecule has 5 nitrogen and oxygen atoms in total. The molecule has 0 unspecified atom stereocenters. The van der Waals surface area contributed by atoms with E-state index in [4.69, 9.17) is 15.7 Å². The number of nitrogens with zero attached hydrogens (tertiary/aromatic N) is 2. The average molecular weight is 265 g/mol. The van der Waals surface area contributed by atoms with Crippen molar-refractivity contribution in [3.63, 3.8) is 0 Å². The van der Waals surface area contributed by atoms with Crippen LogP contribution in [0.25, 0.3) is 0 Å². The Morgan fingerprint density at radius 3 is 2.79 bits per heavy atom. The Labute approximate surface area is 114 Å². The number of rotatable bonds is 7. The summed E-state index contributed by atoms with van der Waals surface area (Å²) < 4.78 is 5.13. The van der Waals surface area contributed by atoms with Crippen molar-refractivity contribution in [2.45, 2.75) is 26.4 Å². The molecule has 1 rings (SSSR count). The quantitative estimate of drug-likeness (QED) is 0.340. The minimum Gasteiger partial charge on any atom is -0.409 e. The van der Waals surface area contributed by atoms with Gasteiger partial charge in [-0.25, -0.2) is 0 Å². The first-order valence-corrected chi connectivity index (χ1v) is 6.38. The van der Waals surface area contributed by atoms with E-state index in [0.29, 0.717) is 12.6 Å². The third-order valence-corrected chi connectivity index (χ3v) is 3.03. The number of methoxy groups -OCH3 is 1. The molecule has 1 aromatic carbocycles. The molecule has 0 aliphatic carbocycles. The van der Waals surface area contributed by atoms with Crippen molar-refractivity contribution in [1.82, 2.24) is 4.90 Å². The highest BCUT2D eigenvalue weighted by Gasteiger charge is 2.10. The van der Waals surface area contributed by atoms with Crippen molar-refractivity contribution in [2.24, 2.45) is 10.9 Å². The van der Waals surface area contributed by atoms with E-state index in [9.17, 15) is 0 Å². The highest BCUT2D eigenvalue weighted by Crippen LogP contribution is 2.10. The molecular formula is C14H23N3O2. The number of benzene rings is 1. The molecule has 0 heterocycles. The van der Waals surface area contributed by atoms with Gasteiger partial charge in [-0.3, -0.25) is 4.90 Å². The van der Waals surface area contributed by atoms with Gasteiger partial charge >= 0.3 is 0 Å². The zero-order valence-electron chi connectivity index (χ0n) is 11.8. The minimum atomic E-state index is 0.134. The maximum absolute atomic E-state index is 8.70. The Hall–Kier alpha value is -1.59. The second-order valence-corrected chi connectivity index (χ2v) is 4.74. The van der Waals surface area contributed by atoms with Crippen LogP contribution in [0.3, 0.4) is 0 Å². The molecule has 0 aromatic heterocycles. The van der Waals surface area contributed by atoms with Gasteiger partial charge in [-0.2, -0.15) is 0 Å². The van der Waals surface area contributed by atoms with Gasteiger partial charge < -0.3 is 15.7 Å². The van der Waals surface area contributed by atoms with E-state index in [1.165, 1.54) is 0 Å². The molecule has 0 amide bonds. The molecule has 0 atom stereocenters. The molecule has 0 saturated heterocycles. The lowest BCUT2D eigenvalue weighted by Crippen LogP contribution is -2.33. The number of hydrogen-bond donors (Lipinski definition) is 2. The molecular weight excluding hydrogens is 242 g/mol. The predicted octanol–water partition coefficient (Wildman–Crippen LogP) is 1.64. The first-order chi connectivity index (χ1) is 9.08. The van der Waals surface area contributed by atoms with Crippen LogP contribution >= 0.6 is 0 Å². The standard InChI is InChI=1S/C14H23N3O2/c1-11(2)17(7-8-19-3)10-12-5-4-6-13(9-12)14(15)16-18/h4-6,9,11,18H,7-8,10H2,1-3H3,(H2,15,16). The Bertz CT molecular complexity index is 419. The number of amidine groups is 1. The van der Waals surface area contributed by atoms with Crippen LogP contribution in [0.4, 0.5) is 0 Å². The minimum absolute atomic E-state index is 0.134. The zero-order valence-corrected chi connectivity index (χ0v) is 11.8. The van der Waals surface area contributed by atoms with Gasteiger partial charge in [-0.15, -0.1) is 0 Å². The molecule has 106 valence electrons. The Balaban J connectivity index is 2.79. The Morgan fingerprint density at radius 2 is 2.21 bits per heavy atom. The molecule has 3 N–H and O–H groups in total. The van der Waals surface area contributed by atoms with Crippen molar-refractivity contribution in [1.29, 1.82) is 0 Å². The normalized spacial score (nSPS) is 12.4. The van der Waals surface area contributed by atoms with Crippen LogP contribution in [-0.4, -0.2) is 42.2 Å². The Kier molecular flexibility index (Phi) is 6.32. The number of hydrogen-bond acceptors (Lipinski definition) is 4. The van der Waals surface area contributed by atoms with E-state index in [-0.39, 0.29) is 5.84 Å². The molecule has 19 heavy (non-hydrogen) atoms. The molecule has 0 aliphatic rings. The van der Waals surface area contributed by atoms with Gasteiger partial charge in [0.2, 0.25) is 0 Å². The van der Waals surface area contributed by atoms with Crippen LogP contribution in [-0.2, 0) is 11.3 Å². The summed E-state index contributed by atoms with van der Waals surface area (Å²) in [5, 5.41) is 11.7. The summed E-state index contributed by atoms with van der Waals surface area (Å²) in [6.07, 6.45) is 0. The lowest BCUT2D eigenvalue weighted by Gasteiger charge is -2.26. The predicted molar refractivity (Wildman–Crippen MR) is 76.4 cm³/mol. The topological polar surface area (TPSA) is 71.1 Å². The van der Waals surface area contributed by atoms with Crippen molar-refractivity contribution < 1.29 is 9.94 Å². The maximum Gasteiger partial charge on any atom is 0.170 e. The summed E-state index contributed by atoms with van der Waals surface area (Å²) in [6, 6.07) is 8.15. The first kappa shape index (κ1) is 15.5. The van der Waals surface area contributed by atoms with Gasteiger partial charge in [0, 0.05) is 31.8 Å². The second kappa shape index (κ2) is 7.76. The molecule has 1 aromatic rings. The fourth-order valence-electron chi connectivity index (χ4n) is 1.85. The average Bonchev–Trinajstić information content (AvgIpc) is 2.42. The number of nitrogens with two attached hydrogens (primary N) is 1. The summed E-state index contributed by atoms with van der Waals surface area (Å²) in [5.41, 5.74) is 7.47. The molecule has 0 spiro atoms. The van der Waals surface area contributed by atoms with Crippen molar-refractivity contribution in [3.8, 4) is 0 Å². The third-order valence-electron chi connectivity index (χ3n) is 3.03. The summed E-state index contributed by atoms with van der Waals surface area (Å²) >= 11 is 0. The van der Waals surface area contributed by atoms with Crippen molar-refractivity contribution in [2.75, 3.05) is 20.3 Å². The highest BCUT2D eigenvalue weighted by molar-refractivity contribution is 5.97. The van der Waals surface area contributed by atoms with Gasteiger partial charge in [0.15, 0.2) is 5.84 Å². The van der Waals surface area contributed by atoms with Crippen LogP contribution in [0.2, 0.25) is 0 Å². The van der Waals surface area contributed by atoms with Crippen LogP contribution < -0.4 is 5.73 Å². The fourth-order valence-corrected chi connectivity index (χ4v) is 1.85. The summed E-state index contributed by atoms with van der Waals surface area (Å²) in [6.45, 7) is 6.71. The zero-order chi connectivity index (χ0) is 14.3. The van der Waals surface area contributed by atoms with Crippen molar-refractivity contribution >= 4 is 5.84 Å². The van der Waals surface area contributed by atoms with Gasteiger partial charge in [0.1, 0.15) is 0 Å². The van der Waals surface area contributed by atoms with Gasteiger partial charge in [0.05, 0.1) is 6.61 Å².